The predicted octanol–water partition coefficient (Wildman–Crippen LogP) is 4.65. The second-order valence-corrected chi connectivity index (χ2v) is 9.71. The number of aromatic nitrogens is 1. The Labute approximate surface area is 207 Å². The van der Waals surface area contributed by atoms with Gasteiger partial charge in [-0.1, -0.05) is 26.0 Å². The van der Waals surface area contributed by atoms with Crippen LogP contribution in [0.3, 0.4) is 0 Å². The van der Waals surface area contributed by atoms with Crippen LogP contribution in [0.15, 0.2) is 48.5 Å². The lowest BCUT2D eigenvalue weighted by Gasteiger charge is -2.26. The molecule has 0 aliphatic carbocycles. The third-order valence-electron chi connectivity index (χ3n) is 6.28. The number of benzene rings is 2. The van der Waals surface area contributed by atoms with Crippen LogP contribution in [0.25, 0.3) is 16.9 Å². The minimum absolute atomic E-state index is 0.0141. The zero-order valence-corrected chi connectivity index (χ0v) is 20.9. The number of carbonyl (C=O) groups is 1. The van der Waals surface area contributed by atoms with Crippen molar-refractivity contribution in [2.45, 2.75) is 46.2 Å². The number of ether oxygens (including phenoxy) is 1. The first-order chi connectivity index (χ1) is 16.7. The van der Waals surface area contributed by atoms with Gasteiger partial charge in [0.15, 0.2) is 0 Å². The van der Waals surface area contributed by atoms with Gasteiger partial charge in [0.1, 0.15) is 17.2 Å². The first-order valence-electron chi connectivity index (χ1n) is 12.2. The summed E-state index contributed by atoms with van der Waals surface area (Å²) in [7, 11) is 0. The molecule has 1 fully saturated rings. The number of rotatable bonds is 7. The number of carbonyl (C=O) groups excluding carboxylic acids is 1. The molecule has 0 spiro atoms. The summed E-state index contributed by atoms with van der Waals surface area (Å²) in [5.41, 5.74) is 4.47. The number of amides is 1. The Bertz CT molecular complexity index is 1180. The molecule has 0 saturated carbocycles. The van der Waals surface area contributed by atoms with Gasteiger partial charge in [-0.15, -0.1) is 0 Å². The molecular formula is C28H35N3O4. The number of phenols is 2. The Morgan fingerprint density at radius 1 is 0.971 bits per heavy atom. The van der Waals surface area contributed by atoms with E-state index in [9.17, 15) is 15.0 Å². The minimum Gasteiger partial charge on any atom is -0.508 e. The first kappa shape index (κ1) is 24.8. The van der Waals surface area contributed by atoms with Crippen LogP contribution in [0.2, 0.25) is 0 Å². The maximum atomic E-state index is 13.1. The number of phenolic OH excluding ortho intramolecular Hbond substituents is 2. The fraction of sp³-hybridized carbons (Fsp3) is 0.393. The highest BCUT2D eigenvalue weighted by Gasteiger charge is 2.22. The van der Waals surface area contributed by atoms with Gasteiger partial charge in [0.2, 0.25) is 0 Å². The number of nitrogens with one attached hydrogen (secondary N) is 1. The van der Waals surface area contributed by atoms with Gasteiger partial charge >= 0.3 is 0 Å². The van der Waals surface area contributed by atoms with E-state index in [0.717, 1.165) is 44.1 Å². The average Bonchev–Trinajstić information content (AvgIpc) is 3.25. The van der Waals surface area contributed by atoms with E-state index < -0.39 is 0 Å². The zero-order valence-electron chi connectivity index (χ0n) is 20.9. The number of morpholine rings is 1. The summed E-state index contributed by atoms with van der Waals surface area (Å²) in [5, 5.41) is 24.1. The molecule has 0 bridgehead atoms. The van der Waals surface area contributed by atoms with Gasteiger partial charge in [0.25, 0.3) is 5.91 Å². The molecule has 0 atom stereocenters. The molecule has 2 heterocycles. The second kappa shape index (κ2) is 10.5. The number of nitrogens with zero attached hydrogens (tertiary/aromatic N) is 2. The van der Waals surface area contributed by atoms with Gasteiger partial charge in [-0.25, -0.2) is 0 Å². The summed E-state index contributed by atoms with van der Waals surface area (Å²) in [4.78, 5) is 15.4. The van der Waals surface area contributed by atoms with Crippen LogP contribution in [-0.4, -0.2) is 57.9 Å². The minimum atomic E-state index is -0.189. The SMILES string of the molecule is CC(C)NC(=O)c1ccc(-c2cc(C(C)C)c(O)cc2O)n1-c1ccc(CN2CCOCC2)cc1. The lowest BCUT2D eigenvalue weighted by molar-refractivity contribution is 0.0342. The van der Waals surface area contributed by atoms with Crippen molar-refractivity contribution < 1.29 is 19.7 Å². The average molecular weight is 478 g/mol. The van der Waals surface area contributed by atoms with Crippen molar-refractivity contribution in [1.29, 1.82) is 0 Å². The molecule has 7 heteroatoms. The van der Waals surface area contributed by atoms with E-state index in [2.05, 4.69) is 22.3 Å². The van der Waals surface area contributed by atoms with E-state index >= 15 is 0 Å². The summed E-state index contributed by atoms with van der Waals surface area (Å²) in [6.45, 7) is 12.0. The van der Waals surface area contributed by atoms with Crippen molar-refractivity contribution in [3.8, 4) is 28.4 Å². The molecule has 1 amide bonds. The summed E-state index contributed by atoms with van der Waals surface area (Å²) >= 11 is 0. The normalized spacial score (nSPS) is 14.6. The molecule has 3 aromatic rings. The van der Waals surface area contributed by atoms with Gasteiger partial charge < -0.3 is 24.8 Å². The van der Waals surface area contributed by atoms with Crippen LogP contribution in [0, 0.1) is 0 Å². The van der Waals surface area contributed by atoms with Crippen LogP contribution in [0.5, 0.6) is 11.5 Å². The molecule has 186 valence electrons. The smallest absolute Gasteiger partial charge is 0.268 e. The van der Waals surface area contributed by atoms with Crippen LogP contribution >= 0.6 is 0 Å². The highest BCUT2D eigenvalue weighted by molar-refractivity contribution is 5.95. The highest BCUT2D eigenvalue weighted by Crippen LogP contribution is 2.39. The van der Waals surface area contributed by atoms with Crippen molar-refractivity contribution >= 4 is 5.91 Å². The van der Waals surface area contributed by atoms with Gasteiger partial charge in [-0.2, -0.15) is 0 Å². The molecule has 1 aromatic heterocycles. The summed E-state index contributed by atoms with van der Waals surface area (Å²) in [6.07, 6.45) is 0. The first-order valence-corrected chi connectivity index (χ1v) is 12.2. The van der Waals surface area contributed by atoms with Crippen LogP contribution in [-0.2, 0) is 11.3 Å². The molecule has 1 aliphatic heterocycles. The Kier molecular flexibility index (Phi) is 7.48. The Morgan fingerprint density at radius 3 is 2.29 bits per heavy atom. The Balaban J connectivity index is 1.77. The van der Waals surface area contributed by atoms with E-state index in [4.69, 9.17) is 4.74 Å². The van der Waals surface area contributed by atoms with E-state index in [1.54, 1.807) is 12.1 Å². The number of hydrogen-bond acceptors (Lipinski definition) is 5. The molecule has 1 saturated heterocycles. The third-order valence-corrected chi connectivity index (χ3v) is 6.28. The van der Waals surface area contributed by atoms with E-state index in [0.29, 0.717) is 17.0 Å². The van der Waals surface area contributed by atoms with Crippen LogP contribution in [0.1, 0.15) is 55.2 Å². The molecule has 0 radical (unpaired) electrons. The molecule has 4 rings (SSSR count). The van der Waals surface area contributed by atoms with E-state index in [1.165, 1.54) is 11.6 Å². The Hall–Kier alpha value is -3.29. The van der Waals surface area contributed by atoms with Crippen molar-refractivity contribution in [3.05, 3.63) is 65.4 Å². The van der Waals surface area contributed by atoms with Crippen molar-refractivity contribution in [1.82, 2.24) is 14.8 Å². The van der Waals surface area contributed by atoms with Crippen molar-refractivity contribution in [2.24, 2.45) is 0 Å². The standard InChI is InChI=1S/C28H35N3O4/c1-18(2)22-15-23(27(33)16-26(22)32)24-9-10-25(28(34)29-19(3)4)31(24)21-7-5-20(6-8-21)17-30-11-13-35-14-12-30/h5-10,15-16,18-19,32-33H,11-14,17H2,1-4H3,(H,29,34). The number of hydrogen-bond donors (Lipinski definition) is 3. The van der Waals surface area contributed by atoms with Gasteiger partial charge in [0.05, 0.1) is 18.9 Å². The summed E-state index contributed by atoms with van der Waals surface area (Å²) < 4.78 is 7.31. The lowest BCUT2D eigenvalue weighted by Crippen LogP contribution is -2.35. The summed E-state index contributed by atoms with van der Waals surface area (Å²) in [6, 6.07) is 14.9. The Morgan fingerprint density at radius 2 is 1.66 bits per heavy atom. The van der Waals surface area contributed by atoms with Gasteiger partial charge in [-0.05, 0) is 61.2 Å². The topological polar surface area (TPSA) is 87.0 Å². The molecule has 7 nitrogen and oxygen atoms in total. The maximum absolute atomic E-state index is 13.1. The fourth-order valence-corrected chi connectivity index (χ4v) is 4.47. The highest BCUT2D eigenvalue weighted by atomic mass is 16.5. The zero-order chi connectivity index (χ0) is 25.1. The monoisotopic (exact) mass is 477 g/mol. The predicted molar refractivity (Wildman–Crippen MR) is 137 cm³/mol. The largest absolute Gasteiger partial charge is 0.508 e. The summed E-state index contributed by atoms with van der Waals surface area (Å²) in [5.74, 6) is -0.0949. The molecule has 0 unspecified atom stereocenters. The lowest BCUT2D eigenvalue weighted by atomic mass is 9.97. The van der Waals surface area contributed by atoms with Crippen LogP contribution < -0.4 is 5.32 Å². The third kappa shape index (κ3) is 5.52. The van der Waals surface area contributed by atoms with E-state index in [-0.39, 0.29) is 29.4 Å². The molecule has 2 aromatic carbocycles. The van der Waals surface area contributed by atoms with Crippen molar-refractivity contribution in [3.63, 3.8) is 0 Å². The molecule has 1 aliphatic rings. The van der Waals surface area contributed by atoms with Crippen LogP contribution in [0.4, 0.5) is 0 Å². The van der Waals surface area contributed by atoms with Gasteiger partial charge in [0, 0.05) is 43.0 Å². The fourth-order valence-electron chi connectivity index (χ4n) is 4.47. The van der Waals surface area contributed by atoms with Crippen molar-refractivity contribution in [2.75, 3.05) is 26.3 Å². The quantitative estimate of drug-likeness (QED) is 0.461. The molecular weight excluding hydrogens is 442 g/mol. The molecule has 35 heavy (non-hydrogen) atoms. The number of aromatic hydroxyl groups is 2. The van der Waals surface area contributed by atoms with Gasteiger partial charge in [-0.3, -0.25) is 9.69 Å². The maximum Gasteiger partial charge on any atom is 0.268 e. The molecule has 3 N–H and O–H groups in total. The van der Waals surface area contributed by atoms with E-state index in [1.807, 2.05) is 50.5 Å². The second-order valence-electron chi connectivity index (χ2n) is 9.71.